The van der Waals surface area contributed by atoms with Gasteiger partial charge in [0.05, 0.1) is 7.11 Å². The molecule has 0 aliphatic carbocycles. The standard InChI is InChI=1S/C19H22ClNO2S/c1-4-13(2)21-19(22)14-5-10-18(23-3)15(11-14)12-24-17-8-6-16(20)7-9-17/h5-11,13H,4,12H2,1-3H3,(H,21,22)/t13-/m1/s1. The van der Waals surface area contributed by atoms with Crippen molar-refractivity contribution < 1.29 is 9.53 Å². The number of amides is 1. The van der Waals surface area contributed by atoms with E-state index in [9.17, 15) is 4.79 Å². The predicted molar refractivity (Wildman–Crippen MR) is 101 cm³/mol. The van der Waals surface area contributed by atoms with Gasteiger partial charge in [0.2, 0.25) is 0 Å². The first kappa shape index (κ1) is 18.7. The second kappa shape index (κ2) is 9.00. The van der Waals surface area contributed by atoms with E-state index < -0.39 is 0 Å². The van der Waals surface area contributed by atoms with E-state index >= 15 is 0 Å². The second-order valence-electron chi connectivity index (χ2n) is 5.55. The molecule has 2 aromatic rings. The minimum absolute atomic E-state index is 0.0512. The zero-order valence-corrected chi connectivity index (χ0v) is 15.7. The molecular formula is C19H22ClNO2S. The van der Waals surface area contributed by atoms with Crippen molar-refractivity contribution in [1.82, 2.24) is 5.32 Å². The number of hydrogen-bond donors (Lipinski definition) is 1. The van der Waals surface area contributed by atoms with Gasteiger partial charge in [-0.25, -0.2) is 0 Å². The minimum atomic E-state index is -0.0512. The van der Waals surface area contributed by atoms with Crippen molar-refractivity contribution in [3.05, 3.63) is 58.6 Å². The quantitative estimate of drug-likeness (QED) is 0.689. The zero-order chi connectivity index (χ0) is 17.5. The van der Waals surface area contributed by atoms with Crippen LogP contribution >= 0.6 is 23.4 Å². The van der Waals surface area contributed by atoms with Crippen molar-refractivity contribution >= 4 is 29.3 Å². The molecule has 2 aromatic carbocycles. The predicted octanol–water partition coefficient (Wildman–Crippen LogP) is 5.17. The molecule has 2 rings (SSSR count). The number of carbonyl (C=O) groups excluding carboxylic acids is 1. The highest BCUT2D eigenvalue weighted by Gasteiger charge is 2.12. The third kappa shape index (κ3) is 5.18. The lowest BCUT2D eigenvalue weighted by Gasteiger charge is -2.14. The summed E-state index contributed by atoms with van der Waals surface area (Å²) < 4.78 is 5.42. The summed E-state index contributed by atoms with van der Waals surface area (Å²) in [5.74, 6) is 1.45. The molecule has 0 aliphatic heterocycles. The van der Waals surface area contributed by atoms with Crippen LogP contribution < -0.4 is 10.1 Å². The van der Waals surface area contributed by atoms with Crippen molar-refractivity contribution in [2.24, 2.45) is 0 Å². The van der Waals surface area contributed by atoms with Gasteiger partial charge in [0, 0.05) is 32.8 Å². The lowest BCUT2D eigenvalue weighted by atomic mass is 10.1. The highest BCUT2D eigenvalue weighted by molar-refractivity contribution is 7.98. The first-order valence-electron chi connectivity index (χ1n) is 7.89. The van der Waals surface area contributed by atoms with Crippen LogP contribution in [0.2, 0.25) is 5.02 Å². The third-order valence-corrected chi connectivity index (χ3v) is 5.05. The van der Waals surface area contributed by atoms with Crippen LogP contribution in [0.15, 0.2) is 47.4 Å². The zero-order valence-electron chi connectivity index (χ0n) is 14.1. The van der Waals surface area contributed by atoms with Gasteiger partial charge in [-0.2, -0.15) is 0 Å². The van der Waals surface area contributed by atoms with E-state index in [1.54, 1.807) is 24.9 Å². The van der Waals surface area contributed by atoms with Crippen LogP contribution in [0.4, 0.5) is 0 Å². The summed E-state index contributed by atoms with van der Waals surface area (Å²) in [6.45, 7) is 4.05. The SMILES string of the molecule is CC[C@@H](C)NC(=O)c1ccc(OC)c(CSc2ccc(Cl)cc2)c1. The van der Waals surface area contributed by atoms with Crippen molar-refractivity contribution in [3.63, 3.8) is 0 Å². The average Bonchev–Trinajstić information content (AvgIpc) is 2.60. The monoisotopic (exact) mass is 363 g/mol. The van der Waals surface area contributed by atoms with Gasteiger partial charge in [0.15, 0.2) is 0 Å². The Bertz CT molecular complexity index is 688. The third-order valence-electron chi connectivity index (χ3n) is 3.74. The maximum atomic E-state index is 12.3. The van der Waals surface area contributed by atoms with Crippen LogP contribution in [-0.4, -0.2) is 19.1 Å². The van der Waals surface area contributed by atoms with E-state index in [1.165, 1.54) is 0 Å². The molecule has 0 bridgehead atoms. The summed E-state index contributed by atoms with van der Waals surface area (Å²) >= 11 is 7.59. The van der Waals surface area contributed by atoms with Crippen molar-refractivity contribution in [1.29, 1.82) is 0 Å². The highest BCUT2D eigenvalue weighted by atomic mass is 35.5. The molecule has 128 valence electrons. The fourth-order valence-corrected chi connectivity index (χ4v) is 3.14. The number of nitrogens with one attached hydrogen (secondary N) is 1. The van der Waals surface area contributed by atoms with E-state index in [-0.39, 0.29) is 11.9 Å². The van der Waals surface area contributed by atoms with E-state index in [0.29, 0.717) is 5.56 Å². The van der Waals surface area contributed by atoms with Gasteiger partial charge in [0.1, 0.15) is 5.75 Å². The van der Waals surface area contributed by atoms with Crippen LogP contribution in [0, 0.1) is 0 Å². The average molecular weight is 364 g/mol. The summed E-state index contributed by atoms with van der Waals surface area (Å²) in [5, 5.41) is 3.71. The van der Waals surface area contributed by atoms with Crippen LogP contribution in [0.3, 0.4) is 0 Å². The molecule has 1 amide bonds. The smallest absolute Gasteiger partial charge is 0.251 e. The summed E-state index contributed by atoms with van der Waals surface area (Å²) in [6, 6.07) is 13.4. The van der Waals surface area contributed by atoms with Crippen molar-refractivity contribution in [3.8, 4) is 5.75 Å². The number of carbonyl (C=O) groups is 1. The fraction of sp³-hybridized carbons (Fsp3) is 0.316. The number of hydrogen-bond acceptors (Lipinski definition) is 3. The second-order valence-corrected chi connectivity index (χ2v) is 7.04. The Hall–Kier alpha value is -1.65. The molecule has 1 N–H and O–H groups in total. The number of methoxy groups -OCH3 is 1. The van der Waals surface area contributed by atoms with Crippen LogP contribution in [0.5, 0.6) is 5.75 Å². The molecule has 0 heterocycles. The Morgan fingerprint density at radius 3 is 2.58 bits per heavy atom. The number of halogens is 1. The lowest BCUT2D eigenvalue weighted by molar-refractivity contribution is 0.0939. The maximum absolute atomic E-state index is 12.3. The molecular weight excluding hydrogens is 342 g/mol. The van der Waals surface area contributed by atoms with Crippen LogP contribution in [0.25, 0.3) is 0 Å². The maximum Gasteiger partial charge on any atom is 0.251 e. The molecule has 1 atom stereocenters. The molecule has 0 aliphatic rings. The lowest BCUT2D eigenvalue weighted by Crippen LogP contribution is -2.31. The highest BCUT2D eigenvalue weighted by Crippen LogP contribution is 2.29. The molecule has 0 saturated heterocycles. The molecule has 5 heteroatoms. The molecule has 0 unspecified atom stereocenters. The number of thioether (sulfide) groups is 1. The first-order chi connectivity index (χ1) is 11.5. The van der Waals surface area contributed by atoms with E-state index in [4.69, 9.17) is 16.3 Å². The summed E-state index contributed by atoms with van der Waals surface area (Å²) in [6.07, 6.45) is 0.904. The Morgan fingerprint density at radius 2 is 1.96 bits per heavy atom. The van der Waals surface area contributed by atoms with Crippen molar-refractivity contribution in [2.45, 2.75) is 37.0 Å². The van der Waals surface area contributed by atoms with Gasteiger partial charge >= 0.3 is 0 Å². The van der Waals surface area contributed by atoms with E-state index in [2.05, 4.69) is 5.32 Å². The van der Waals surface area contributed by atoms with E-state index in [0.717, 1.165) is 33.4 Å². The van der Waals surface area contributed by atoms with Gasteiger partial charge in [0.25, 0.3) is 5.91 Å². The molecule has 0 saturated carbocycles. The molecule has 24 heavy (non-hydrogen) atoms. The van der Waals surface area contributed by atoms with Crippen LogP contribution in [-0.2, 0) is 5.75 Å². The van der Waals surface area contributed by atoms with Gasteiger partial charge in [-0.1, -0.05) is 18.5 Å². The minimum Gasteiger partial charge on any atom is -0.496 e. The molecule has 0 fully saturated rings. The molecule has 0 radical (unpaired) electrons. The van der Waals surface area contributed by atoms with Crippen LogP contribution in [0.1, 0.15) is 36.2 Å². The Balaban J connectivity index is 2.13. The summed E-state index contributed by atoms with van der Waals surface area (Å²) in [5.41, 5.74) is 1.65. The van der Waals surface area contributed by atoms with Gasteiger partial charge in [-0.3, -0.25) is 4.79 Å². The van der Waals surface area contributed by atoms with Gasteiger partial charge in [-0.15, -0.1) is 11.8 Å². The Kier molecular flexibility index (Phi) is 7.00. The largest absolute Gasteiger partial charge is 0.496 e. The summed E-state index contributed by atoms with van der Waals surface area (Å²) in [4.78, 5) is 13.4. The topological polar surface area (TPSA) is 38.3 Å². The number of ether oxygens (including phenoxy) is 1. The Morgan fingerprint density at radius 1 is 1.25 bits per heavy atom. The Labute approximate surface area is 152 Å². The number of rotatable bonds is 7. The van der Waals surface area contributed by atoms with Gasteiger partial charge < -0.3 is 10.1 Å². The number of benzene rings is 2. The molecule has 0 spiro atoms. The first-order valence-corrected chi connectivity index (χ1v) is 9.26. The summed E-state index contributed by atoms with van der Waals surface area (Å²) in [7, 11) is 1.64. The van der Waals surface area contributed by atoms with Gasteiger partial charge in [-0.05, 0) is 55.8 Å². The molecule has 0 aromatic heterocycles. The molecule has 3 nitrogen and oxygen atoms in total. The normalized spacial score (nSPS) is 11.8. The fourth-order valence-electron chi connectivity index (χ4n) is 2.13. The van der Waals surface area contributed by atoms with Crippen molar-refractivity contribution in [2.75, 3.05) is 7.11 Å². The van der Waals surface area contributed by atoms with E-state index in [1.807, 2.05) is 50.2 Å².